The van der Waals surface area contributed by atoms with Crippen LogP contribution in [0.25, 0.3) is 22.4 Å². The lowest BCUT2D eigenvalue weighted by Gasteiger charge is -2.27. The van der Waals surface area contributed by atoms with Crippen molar-refractivity contribution < 1.29 is 4.42 Å². The quantitative estimate of drug-likeness (QED) is 0.519. The fourth-order valence-electron chi connectivity index (χ4n) is 4.23. The summed E-state index contributed by atoms with van der Waals surface area (Å²) in [5, 5.41) is 0.529. The molecule has 7 nitrogen and oxygen atoms in total. The van der Waals surface area contributed by atoms with E-state index >= 15 is 0 Å². The van der Waals surface area contributed by atoms with Crippen molar-refractivity contribution in [1.29, 1.82) is 0 Å². The number of benzene rings is 2. The van der Waals surface area contributed by atoms with E-state index in [0.29, 0.717) is 54.0 Å². The molecule has 32 heavy (non-hydrogen) atoms. The molecule has 1 aliphatic heterocycles. The van der Waals surface area contributed by atoms with Crippen LogP contribution >= 0.6 is 0 Å². The van der Waals surface area contributed by atoms with E-state index < -0.39 is 0 Å². The molecule has 0 saturated carbocycles. The summed E-state index contributed by atoms with van der Waals surface area (Å²) in [6.45, 7) is 5.32. The molecule has 0 amide bonds. The molecule has 2 aromatic heterocycles. The highest BCUT2D eigenvalue weighted by Gasteiger charge is 2.24. The lowest BCUT2D eigenvalue weighted by molar-refractivity contribution is 0.240. The van der Waals surface area contributed by atoms with Gasteiger partial charge in [0.15, 0.2) is 11.3 Å². The third-order valence-electron chi connectivity index (χ3n) is 6.21. The second-order valence-corrected chi connectivity index (χ2v) is 8.37. The Hall–Kier alpha value is -3.71. The Bertz CT molecular complexity index is 1450. The van der Waals surface area contributed by atoms with E-state index in [-0.39, 0.29) is 16.9 Å². The highest BCUT2D eigenvalue weighted by atomic mass is 16.3. The molecular weight excluding hydrogens is 404 g/mol. The van der Waals surface area contributed by atoms with Gasteiger partial charge in [0.1, 0.15) is 11.4 Å². The second kappa shape index (κ2) is 7.76. The summed E-state index contributed by atoms with van der Waals surface area (Å²) in [5.74, 6) is 0.705. The monoisotopic (exact) mass is 428 g/mol. The summed E-state index contributed by atoms with van der Waals surface area (Å²) in [4.78, 5) is 35.6. The van der Waals surface area contributed by atoms with Crippen LogP contribution in [0.1, 0.15) is 27.9 Å². The number of nitrogen functional groups attached to an aromatic ring is 1. The molecule has 2 aromatic carbocycles. The van der Waals surface area contributed by atoms with Gasteiger partial charge in [-0.15, -0.1) is 0 Å². The van der Waals surface area contributed by atoms with E-state index in [9.17, 15) is 9.59 Å². The van der Waals surface area contributed by atoms with Gasteiger partial charge in [-0.3, -0.25) is 14.5 Å². The Balaban J connectivity index is 1.46. The Kier molecular flexibility index (Phi) is 4.90. The molecule has 0 spiro atoms. The number of anilines is 1. The van der Waals surface area contributed by atoms with Crippen LogP contribution in [-0.4, -0.2) is 21.4 Å². The zero-order valence-corrected chi connectivity index (χ0v) is 18.1. The maximum atomic E-state index is 13.2. The molecule has 3 N–H and O–H groups in total. The number of rotatable bonds is 3. The molecule has 0 atom stereocenters. The molecule has 0 bridgehead atoms. The van der Waals surface area contributed by atoms with Crippen LogP contribution in [0.5, 0.6) is 0 Å². The molecule has 162 valence electrons. The molecule has 1 aliphatic rings. The largest absolute Gasteiger partial charge is 0.440 e. The van der Waals surface area contributed by atoms with Gasteiger partial charge < -0.3 is 15.1 Å². The average Bonchev–Trinajstić information content (AvgIpc) is 2.79. The zero-order chi connectivity index (χ0) is 22.4. The van der Waals surface area contributed by atoms with Crippen LogP contribution < -0.4 is 16.7 Å². The summed E-state index contributed by atoms with van der Waals surface area (Å²) >= 11 is 0. The van der Waals surface area contributed by atoms with Gasteiger partial charge in [0.25, 0.3) is 5.56 Å². The van der Waals surface area contributed by atoms with E-state index in [1.165, 1.54) is 0 Å². The number of nitrogens with one attached hydrogen (secondary N) is 1. The molecule has 0 aliphatic carbocycles. The van der Waals surface area contributed by atoms with Gasteiger partial charge >= 0.3 is 0 Å². The summed E-state index contributed by atoms with van der Waals surface area (Å²) in [5.41, 5.74) is 11.2. The molecule has 7 heteroatoms. The number of aromatic amines is 1. The van der Waals surface area contributed by atoms with Gasteiger partial charge in [-0.2, -0.15) is 0 Å². The minimum Gasteiger partial charge on any atom is -0.440 e. The molecule has 3 heterocycles. The van der Waals surface area contributed by atoms with Crippen molar-refractivity contribution in [2.24, 2.45) is 0 Å². The van der Waals surface area contributed by atoms with E-state index in [1.807, 2.05) is 61.2 Å². The number of hydrogen-bond acceptors (Lipinski definition) is 6. The van der Waals surface area contributed by atoms with Crippen molar-refractivity contribution >= 4 is 16.9 Å². The molecule has 4 aromatic rings. The maximum absolute atomic E-state index is 13.2. The van der Waals surface area contributed by atoms with Crippen LogP contribution in [-0.2, 0) is 19.5 Å². The molecule has 0 saturated heterocycles. The number of aryl methyl sites for hydroxylation is 2. The maximum Gasteiger partial charge on any atom is 0.255 e. The molecule has 0 unspecified atom stereocenters. The van der Waals surface area contributed by atoms with Gasteiger partial charge in [0.05, 0.1) is 22.2 Å². The number of hydrogen-bond donors (Lipinski definition) is 2. The Labute approximate surface area is 184 Å². The fourth-order valence-corrected chi connectivity index (χ4v) is 4.23. The Morgan fingerprint density at radius 3 is 2.66 bits per heavy atom. The fraction of sp³-hybridized carbons (Fsp3) is 0.240. The lowest BCUT2D eigenvalue weighted by atomic mass is 10.0. The average molecular weight is 428 g/mol. The normalized spacial score (nSPS) is 13.9. The predicted octanol–water partition coefficient (Wildman–Crippen LogP) is 3.30. The van der Waals surface area contributed by atoms with Gasteiger partial charge in [-0.1, -0.05) is 30.3 Å². The molecule has 5 rings (SSSR count). The third-order valence-corrected chi connectivity index (χ3v) is 6.21. The van der Waals surface area contributed by atoms with Crippen molar-refractivity contribution in [3.63, 3.8) is 0 Å². The summed E-state index contributed by atoms with van der Waals surface area (Å²) in [6, 6.07) is 13.3. The number of nitrogens with zero attached hydrogens (tertiary/aromatic N) is 2. The highest BCUT2D eigenvalue weighted by molar-refractivity contribution is 5.80. The van der Waals surface area contributed by atoms with Crippen molar-refractivity contribution in [3.05, 3.63) is 91.0 Å². The number of nitrogens with two attached hydrogens (primary N) is 1. The standard InChI is InChI=1S/C25H24N4O3/c1-14-10-17-21(11-15(14)2)32-23(26)19(22(17)30)13-29-9-8-20-18(12-29)25(31)28-24(27-20)16-6-4-3-5-7-16/h3-7,10-11H,8-9,12-13,26H2,1-2H3,(H,27,28,31). The van der Waals surface area contributed by atoms with E-state index in [4.69, 9.17) is 15.1 Å². The highest BCUT2D eigenvalue weighted by Crippen LogP contribution is 2.24. The minimum atomic E-state index is -0.150. The Morgan fingerprint density at radius 1 is 1.12 bits per heavy atom. The number of aromatic nitrogens is 2. The van der Waals surface area contributed by atoms with Crippen LogP contribution in [0, 0.1) is 13.8 Å². The topological polar surface area (TPSA) is 105 Å². The van der Waals surface area contributed by atoms with Crippen molar-refractivity contribution in [3.8, 4) is 11.4 Å². The van der Waals surface area contributed by atoms with Crippen LogP contribution in [0.3, 0.4) is 0 Å². The molecular formula is C25H24N4O3. The first kappa shape index (κ1) is 20.2. The first-order valence-corrected chi connectivity index (χ1v) is 10.6. The number of fused-ring (bicyclic) bond motifs is 2. The van der Waals surface area contributed by atoms with Crippen LogP contribution in [0.15, 0.2) is 56.5 Å². The van der Waals surface area contributed by atoms with E-state index in [2.05, 4.69) is 4.98 Å². The van der Waals surface area contributed by atoms with Crippen molar-refractivity contribution in [1.82, 2.24) is 14.9 Å². The number of H-pyrrole nitrogens is 1. The summed E-state index contributed by atoms with van der Waals surface area (Å²) < 4.78 is 5.78. The van der Waals surface area contributed by atoms with Crippen LogP contribution in [0.4, 0.5) is 5.88 Å². The molecule has 0 radical (unpaired) electrons. The van der Waals surface area contributed by atoms with Crippen LogP contribution in [0.2, 0.25) is 0 Å². The first-order chi connectivity index (χ1) is 15.4. The Morgan fingerprint density at radius 2 is 1.88 bits per heavy atom. The lowest BCUT2D eigenvalue weighted by Crippen LogP contribution is -2.36. The van der Waals surface area contributed by atoms with E-state index in [0.717, 1.165) is 22.4 Å². The van der Waals surface area contributed by atoms with Gasteiger partial charge in [0.2, 0.25) is 0 Å². The van der Waals surface area contributed by atoms with Gasteiger partial charge in [-0.05, 0) is 37.1 Å². The predicted molar refractivity (Wildman–Crippen MR) is 124 cm³/mol. The van der Waals surface area contributed by atoms with Crippen molar-refractivity contribution in [2.45, 2.75) is 33.4 Å². The first-order valence-electron chi connectivity index (χ1n) is 10.6. The van der Waals surface area contributed by atoms with Crippen molar-refractivity contribution in [2.75, 3.05) is 12.3 Å². The summed E-state index contributed by atoms with van der Waals surface area (Å²) in [6.07, 6.45) is 0.621. The van der Waals surface area contributed by atoms with Gasteiger partial charge in [0, 0.05) is 31.6 Å². The molecule has 0 fully saturated rings. The summed E-state index contributed by atoms with van der Waals surface area (Å²) in [7, 11) is 0. The zero-order valence-electron chi connectivity index (χ0n) is 18.1. The second-order valence-electron chi connectivity index (χ2n) is 8.37. The van der Waals surface area contributed by atoms with E-state index in [1.54, 1.807) is 0 Å². The minimum absolute atomic E-state index is 0.121. The SMILES string of the molecule is Cc1cc2oc(N)c(CN3CCc4nc(-c5ccccc5)[nH]c(=O)c4C3)c(=O)c2cc1C. The third kappa shape index (κ3) is 3.50. The smallest absolute Gasteiger partial charge is 0.255 e. The van der Waals surface area contributed by atoms with Gasteiger partial charge in [-0.25, -0.2) is 4.98 Å².